The van der Waals surface area contributed by atoms with Crippen LogP contribution in [0.4, 0.5) is 5.69 Å². The van der Waals surface area contributed by atoms with Crippen molar-refractivity contribution in [2.24, 2.45) is 0 Å². The molecule has 0 spiro atoms. The predicted octanol–water partition coefficient (Wildman–Crippen LogP) is 2.10. The first-order valence-electron chi connectivity index (χ1n) is 6.47. The summed E-state index contributed by atoms with van der Waals surface area (Å²) < 4.78 is 6.51. The molecule has 1 atom stereocenters. The van der Waals surface area contributed by atoms with Gasteiger partial charge in [-0.2, -0.15) is 0 Å². The summed E-state index contributed by atoms with van der Waals surface area (Å²) in [6.45, 7) is 4.00. The molecule has 5 heteroatoms. The number of benzene rings is 1. The summed E-state index contributed by atoms with van der Waals surface area (Å²) in [4.78, 5) is 14.2. The van der Waals surface area contributed by atoms with Gasteiger partial charge in [0.2, 0.25) is 0 Å². The number of nitrogens with zero attached hydrogens (tertiary/aromatic N) is 1. The third-order valence-electron chi connectivity index (χ3n) is 3.23. The average molecular weight is 327 g/mol. The van der Waals surface area contributed by atoms with Crippen molar-refractivity contribution >= 4 is 27.5 Å². The highest BCUT2D eigenvalue weighted by Gasteiger charge is 2.30. The summed E-state index contributed by atoms with van der Waals surface area (Å²) in [7, 11) is 1.88. The van der Waals surface area contributed by atoms with E-state index in [9.17, 15) is 4.79 Å². The van der Waals surface area contributed by atoms with Crippen molar-refractivity contribution in [3.63, 3.8) is 0 Å². The number of aryl methyl sites for hydroxylation is 1. The van der Waals surface area contributed by atoms with Gasteiger partial charge in [0, 0.05) is 11.0 Å². The third kappa shape index (κ3) is 3.35. The number of nitrogens with one attached hydrogen (secondary N) is 1. The van der Waals surface area contributed by atoms with Crippen molar-refractivity contribution in [1.82, 2.24) is 5.32 Å². The molecule has 1 fully saturated rings. The normalized spacial score (nSPS) is 19.8. The lowest BCUT2D eigenvalue weighted by Crippen LogP contribution is -2.48. The molecule has 0 aromatic heterocycles. The van der Waals surface area contributed by atoms with Crippen molar-refractivity contribution < 1.29 is 9.53 Å². The molecule has 1 aromatic rings. The highest BCUT2D eigenvalue weighted by atomic mass is 79.9. The van der Waals surface area contributed by atoms with Crippen molar-refractivity contribution in [3.8, 4) is 0 Å². The number of rotatable bonds is 4. The van der Waals surface area contributed by atoms with E-state index in [-0.39, 0.29) is 12.0 Å². The number of carbonyl (C=O) groups is 1. The van der Waals surface area contributed by atoms with Crippen LogP contribution in [0.5, 0.6) is 0 Å². The summed E-state index contributed by atoms with van der Waals surface area (Å²) in [5.74, 6) is 0.0473. The smallest absolute Gasteiger partial charge is 0.256 e. The second kappa shape index (κ2) is 6.50. The third-order valence-corrected chi connectivity index (χ3v) is 3.86. The van der Waals surface area contributed by atoms with Gasteiger partial charge < -0.3 is 15.0 Å². The lowest BCUT2D eigenvalue weighted by molar-refractivity contribution is -0.134. The van der Waals surface area contributed by atoms with Crippen LogP contribution in [0.15, 0.2) is 22.7 Å². The van der Waals surface area contributed by atoms with Gasteiger partial charge in [0.05, 0.1) is 12.3 Å². The van der Waals surface area contributed by atoms with Crippen molar-refractivity contribution in [3.05, 3.63) is 28.2 Å². The molecule has 104 valence electrons. The van der Waals surface area contributed by atoms with Crippen LogP contribution >= 0.6 is 15.9 Å². The Morgan fingerprint density at radius 1 is 1.53 bits per heavy atom. The SMILES string of the molecule is CNCCC1OCCN(c2ccc(C)cc2Br)C1=O. The number of carbonyl (C=O) groups excluding carboxylic acids is 1. The maximum absolute atomic E-state index is 12.4. The first-order valence-corrected chi connectivity index (χ1v) is 7.26. The molecule has 2 rings (SSSR count). The van der Waals surface area contributed by atoms with E-state index in [4.69, 9.17) is 4.74 Å². The minimum Gasteiger partial charge on any atom is -0.366 e. The van der Waals surface area contributed by atoms with Gasteiger partial charge in [-0.1, -0.05) is 6.07 Å². The molecule has 0 saturated carbocycles. The molecule has 1 saturated heterocycles. The lowest BCUT2D eigenvalue weighted by Gasteiger charge is -2.33. The van der Waals surface area contributed by atoms with Gasteiger partial charge in [-0.3, -0.25) is 4.79 Å². The van der Waals surface area contributed by atoms with Gasteiger partial charge in [-0.15, -0.1) is 0 Å². The number of ether oxygens (including phenoxy) is 1. The zero-order valence-corrected chi connectivity index (χ0v) is 12.9. The molecule has 1 aromatic carbocycles. The average Bonchev–Trinajstić information content (AvgIpc) is 2.38. The number of morpholine rings is 1. The summed E-state index contributed by atoms with van der Waals surface area (Å²) in [6, 6.07) is 6.03. The van der Waals surface area contributed by atoms with E-state index in [1.807, 2.05) is 37.1 Å². The Morgan fingerprint density at radius 2 is 2.32 bits per heavy atom. The standard InChI is InChI=1S/C14H19BrN2O2/c1-10-3-4-12(11(15)9-10)17-7-8-19-13(14(17)18)5-6-16-2/h3-4,9,13,16H,5-8H2,1-2H3. The van der Waals surface area contributed by atoms with Crippen LogP contribution in [0, 0.1) is 6.92 Å². The Balaban J connectivity index is 2.17. The zero-order chi connectivity index (χ0) is 13.8. The number of halogens is 1. The van der Waals surface area contributed by atoms with E-state index >= 15 is 0 Å². The second-order valence-electron chi connectivity index (χ2n) is 4.70. The van der Waals surface area contributed by atoms with Crippen LogP contribution < -0.4 is 10.2 Å². The highest BCUT2D eigenvalue weighted by Crippen LogP contribution is 2.29. The van der Waals surface area contributed by atoms with Gasteiger partial charge in [-0.25, -0.2) is 0 Å². The Morgan fingerprint density at radius 3 is 3.00 bits per heavy atom. The Kier molecular flexibility index (Phi) is 4.96. The molecule has 1 amide bonds. The summed E-state index contributed by atoms with van der Waals surface area (Å²) in [5, 5.41) is 3.05. The molecule has 1 aliphatic heterocycles. The fourth-order valence-corrected chi connectivity index (χ4v) is 2.90. The quantitative estimate of drug-likeness (QED) is 0.921. The maximum Gasteiger partial charge on any atom is 0.256 e. The molecule has 1 N–H and O–H groups in total. The molecule has 0 bridgehead atoms. The molecule has 4 nitrogen and oxygen atoms in total. The number of amides is 1. The largest absolute Gasteiger partial charge is 0.366 e. The lowest BCUT2D eigenvalue weighted by atomic mass is 10.1. The number of hydrogen-bond acceptors (Lipinski definition) is 3. The molecule has 1 aliphatic rings. The highest BCUT2D eigenvalue weighted by molar-refractivity contribution is 9.10. The van der Waals surface area contributed by atoms with Crippen LogP contribution in [0.2, 0.25) is 0 Å². The molecule has 1 unspecified atom stereocenters. The zero-order valence-electron chi connectivity index (χ0n) is 11.3. The first kappa shape index (κ1) is 14.5. The molecule has 0 radical (unpaired) electrons. The van der Waals surface area contributed by atoms with Crippen molar-refractivity contribution in [2.45, 2.75) is 19.4 Å². The second-order valence-corrected chi connectivity index (χ2v) is 5.55. The van der Waals surface area contributed by atoms with E-state index in [0.29, 0.717) is 19.6 Å². The Labute approximate surface area is 122 Å². The van der Waals surface area contributed by atoms with Crippen LogP contribution in [0.3, 0.4) is 0 Å². The molecule has 19 heavy (non-hydrogen) atoms. The number of anilines is 1. The molecule has 1 heterocycles. The maximum atomic E-state index is 12.4. The van der Waals surface area contributed by atoms with Crippen LogP contribution in [-0.2, 0) is 9.53 Å². The topological polar surface area (TPSA) is 41.6 Å². The fraction of sp³-hybridized carbons (Fsp3) is 0.500. The van der Waals surface area contributed by atoms with Crippen LogP contribution in [0.25, 0.3) is 0 Å². The van der Waals surface area contributed by atoms with Gasteiger partial charge >= 0.3 is 0 Å². The number of hydrogen-bond donors (Lipinski definition) is 1. The Bertz CT molecular complexity index is 465. The summed E-state index contributed by atoms with van der Waals surface area (Å²) >= 11 is 3.54. The minimum absolute atomic E-state index is 0.0473. The minimum atomic E-state index is -0.339. The first-order chi connectivity index (χ1) is 9.13. The van der Waals surface area contributed by atoms with Gasteiger partial charge in [0.15, 0.2) is 0 Å². The predicted molar refractivity (Wildman–Crippen MR) is 79.5 cm³/mol. The molecular formula is C14H19BrN2O2. The van der Waals surface area contributed by atoms with Gasteiger partial charge in [0.25, 0.3) is 5.91 Å². The monoisotopic (exact) mass is 326 g/mol. The van der Waals surface area contributed by atoms with E-state index in [2.05, 4.69) is 21.2 Å². The molecular weight excluding hydrogens is 308 g/mol. The van der Waals surface area contributed by atoms with Gasteiger partial charge in [0.1, 0.15) is 6.10 Å². The van der Waals surface area contributed by atoms with E-state index in [1.165, 1.54) is 5.56 Å². The Hall–Kier alpha value is -0.910. The van der Waals surface area contributed by atoms with Crippen LogP contribution in [-0.4, -0.2) is 38.8 Å². The summed E-state index contributed by atoms with van der Waals surface area (Å²) in [5.41, 5.74) is 2.09. The molecule has 0 aliphatic carbocycles. The van der Waals surface area contributed by atoms with Crippen LogP contribution in [0.1, 0.15) is 12.0 Å². The van der Waals surface area contributed by atoms with Gasteiger partial charge in [-0.05, 0) is 60.6 Å². The van der Waals surface area contributed by atoms with E-state index in [1.54, 1.807) is 0 Å². The van der Waals surface area contributed by atoms with Crippen molar-refractivity contribution in [2.75, 3.05) is 31.6 Å². The van der Waals surface area contributed by atoms with Crippen molar-refractivity contribution in [1.29, 1.82) is 0 Å². The fourth-order valence-electron chi connectivity index (χ4n) is 2.19. The van der Waals surface area contributed by atoms with E-state index in [0.717, 1.165) is 16.7 Å². The van der Waals surface area contributed by atoms with E-state index < -0.39 is 0 Å². The summed E-state index contributed by atoms with van der Waals surface area (Å²) in [6.07, 6.45) is 0.365.